The van der Waals surface area contributed by atoms with E-state index < -0.39 is 0 Å². The van der Waals surface area contributed by atoms with Crippen LogP contribution < -0.4 is 5.32 Å². The van der Waals surface area contributed by atoms with Crippen molar-refractivity contribution in [2.24, 2.45) is 0 Å². The Bertz CT molecular complexity index is 1010. The average Bonchev–Trinajstić information content (AvgIpc) is 3.08. The largest absolute Gasteiger partial charge is 0.383 e. The zero-order chi connectivity index (χ0) is 21.5. The highest BCUT2D eigenvalue weighted by molar-refractivity contribution is 8.00. The number of carbonyl (C=O) groups excluding carboxylic acids is 2. The van der Waals surface area contributed by atoms with E-state index in [0.717, 1.165) is 28.2 Å². The number of ketones is 1. The normalized spacial score (nSPS) is 12.1. The number of ether oxygens (including phenoxy) is 1. The van der Waals surface area contributed by atoms with Gasteiger partial charge in [0, 0.05) is 32.7 Å². The van der Waals surface area contributed by atoms with Gasteiger partial charge in [-0.25, -0.2) is 4.98 Å². The molecule has 1 amide bonds. The van der Waals surface area contributed by atoms with Crippen molar-refractivity contribution in [1.82, 2.24) is 14.9 Å². The number of hydrogen-bond donors (Lipinski definition) is 1. The minimum atomic E-state index is -0.270. The van der Waals surface area contributed by atoms with Gasteiger partial charge in [-0.05, 0) is 31.0 Å². The number of benzene rings is 2. The first kappa shape index (κ1) is 22.1. The lowest BCUT2D eigenvalue weighted by Gasteiger charge is -2.13. The van der Waals surface area contributed by atoms with E-state index in [1.807, 2.05) is 55.5 Å². The van der Waals surface area contributed by atoms with Crippen molar-refractivity contribution < 1.29 is 14.3 Å². The Kier molecular flexibility index (Phi) is 7.65. The third-order valence-electron chi connectivity index (χ3n) is 4.82. The summed E-state index contributed by atoms with van der Waals surface area (Å²) in [6.07, 6.45) is 0.738. The van der Waals surface area contributed by atoms with Crippen molar-refractivity contribution in [3.05, 3.63) is 59.7 Å². The first-order valence-corrected chi connectivity index (χ1v) is 10.9. The van der Waals surface area contributed by atoms with Crippen LogP contribution in [0.4, 0.5) is 0 Å². The third-order valence-corrected chi connectivity index (χ3v) is 5.91. The average molecular weight is 426 g/mol. The predicted molar refractivity (Wildman–Crippen MR) is 120 cm³/mol. The van der Waals surface area contributed by atoms with E-state index in [4.69, 9.17) is 9.72 Å². The minimum Gasteiger partial charge on any atom is -0.383 e. The number of thioether (sulfide) groups is 1. The van der Waals surface area contributed by atoms with Crippen molar-refractivity contribution in [3.63, 3.8) is 0 Å². The molecule has 0 fully saturated rings. The fraction of sp³-hybridized carbons (Fsp3) is 0.348. The van der Waals surface area contributed by atoms with Crippen LogP contribution in [-0.4, -0.2) is 46.8 Å². The van der Waals surface area contributed by atoms with Crippen LogP contribution in [0.5, 0.6) is 0 Å². The zero-order valence-electron chi connectivity index (χ0n) is 17.6. The van der Waals surface area contributed by atoms with Crippen LogP contribution in [0.25, 0.3) is 11.0 Å². The Hall–Kier alpha value is -2.64. The molecule has 0 aliphatic carbocycles. The molecule has 30 heavy (non-hydrogen) atoms. The van der Waals surface area contributed by atoms with Gasteiger partial charge in [0.05, 0.1) is 22.9 Å². The van der Waals surface area contributed by atoms with Gasteiger partial charge < -0.3 is 14.6 Å². The summed E-state index contributed by atoms with van der Waals surface area (Å²) in [7, 11) is 1.68. The summed E-state index contributed by atoms with van der Waals surface area (Å²) in [4.78, 5) is 28.7. The van der Waals surface area contributed by atoms with E-state index in [9.17, 15) is 9.59 Å². The second-order valence-corrected chi connectivity index (χ2v) is 8.39. The second-order valence-electron chi connectivity index (χ2n) is 7.08. The maximum atomic E-state index is 13.0. The molecule has 0 aliphatic rings. The highest BCUT2D eigenvalue weighted by Gasteiger charge is 2.20. The first-order valence-electron chi connectivity index (χ1n) is 9.98. The molecule has 1 N–H and O–H groups in total. The lowest BCUT2D eigenvalue weighted by molar-refractivity contribution is -0.118. The van der Waals surface area contributed by atoms with Crippen LogP contribution in [0.15, 0.2) is 53.7 Å². The van der Waals surface area contributed by atoms with Crippen molar-refractivity contribution in [1.29, 1.82) is 0 Å². The molecule has 0 bridgehead atoms. The van der Waals surface area contributed by atoms with Crippen LogP contribution in [0.1, 0.15) is 29.8 Å². The molecule has 0 spiro atoms. The van der Waals surface area contributed by atoms with Gasteiger partial charge in [-0.3, -0.25) is 9.59 Å². The van der Waals surface area contributed by atoms with E-state index in [2.05, 4.69) is 9.88 Å². The Balaban J connectivity index is 1.70. The van der Waals surface area contributed by atoms with Gasteiger partial charge in [0.1, 0.15) is 0 Å². The number of nitrogens with one attached hydrogen (secondary N) is 1. The molecule has 0 radical (unpaired) electrons. The maximum Gasteiger partial charge on any atom is 0.216 e. The molecule has 7 heteroatoms. The second kappa shape index (κ2) is 10.4. The van der Waals surface area contributed by atoms with Crippen molar-refractivity contribution in [2.45, 2.75) is 37.2 Å². The van der Waals surface area contributed by atoms with Crippen molar-refractivity contribution in [2.75, 3.05) is 20.3 Å². The fourth-order valence-electron chi connectivity index (χ4n) is 3.21. The predicted octanol–water partition coefficient (Wildman–Crippen LogP) is 3.72. The van der Waals surface area contributed by atoms with E-state index in [1.165, 1.54) is 18.7 Å². The lowest BCUT2D eigenvalue weighted by atomic mass is 10.0. The number of Topliss-reactive ketones (excluding diaryl/α,β-unsaturated/α-hetero) is 1. The molecule has 1 aromatic heterocycles. The third kappa shape index (κ3) is 5.49. The number of carbonyl (C=O) groups is 2. The fourth-order valence-corrected chi connectivity index (χ4v) is 4.23. The number of fused-ring (bicyclic) bond motifs is 1. The number of methoxy groups -OCH3 is 1. The first-order chi connectivity index (χ1) is 14.5. The van der Waals surface area contributed by atoms with E-state index in [0.29, 0.717) is 25.3 Å². The van der Waals surface area contributed by atoms with E-state index in [1.54, 1.807) is 7.11 Å². The van der Waals surface area contributed by atoms with Gasteiger partial charge in [0.25, 0.3) is 0 Å². The Labute approximate surface area is 181 Å². The molecule has 2 aromatic carbocycles. The molecular formula is C23H27N3O3S. The summed E-state index contributed by atoms with van der Waals surface area (Å²) >= 11 is 1.47. The highest BCUT2D eigenvalue weighted by atomic mass is 32.2. The number of nitrogens with zero attached hydrogens (tertiary/aromatic N) is 2. The summed E-state index contributed by atoms with van der Waals surface area (Å²) < 4.78 is 7.35. The van der Waals surface area contributed by atoms with Crippen LogP contribution >= 0.6 is 11.8 Å². The van der Waals surface area contributed by atoms with Crippen molar-refractivity contribution >= 4 is 34.5 Å². The monoisotopic (exact) mass is 425 g/mol. The van der Waals surface area contributed by atoms with Gasteiger partial charge in [0.2, 0.25) is 5.91 Å². The summed E-state index contributed by atoms with van der Waals surface area (Å²) in [6.45, 7) is 5.27. The Morgan fingerprint density at radius 2 is 1.90 bits per heavy atom. The summed E-state index contributed by atoms with van der Waals surface area (Å²) in [6, 6.07) is 15.6. The standard InChI is InChI=1S/C23H27N3O3S/c1-16(22(28)19-10-8-18(9-11-19)12-13-24-17(2)27)30-23-25-20-6-4-5-7-21(20)26(23)14-15-29-3/h4-11,16H,12-15H2,1-3H3,(H,24,27). The van der Waals surface area contributed by atoms with Crippen LogP contribution in [-0.2, 0) is 22.5 Å². The number of amides is 1. The minimum absolute atomic E-state index is 0.0378. The van der Waals surface area contributed by atoms with Gasteiger partial charge in [0.15, 0.2) is 10.9 Å². The van der Waals surface area contributed by atoms with Crippen LogP contribution in [0, 0.1) is 0 Å². The quantitative estimate of drug-likeness (QED) is 0.396. The molecule has 1 atom stereocenters. The van der Waals surface area contributed by atoms with Crippen LogP contribution in [0.3, 0.4) is 0 Å². The smallest absolute Gasteiger partial charge is 0.216 e. The molecule has 158 valence electrons. The molecular weight excluding hydrogens is 398 g/mol. The van der Waals surface area contributed by atoms with Gasteiger partial charge in [-0.15, -0.1) is 0 Å². The number of aromatic nitrogens is 2. The molecule has 6 nitrogen and oxygen atoms in total. The van der Waals surface area contributed by atoms with Gasteiger partial charge in [-0.2, -0.15) is 0 Å². The molecule has 3 rings (SSSR count). The number of hydrogen-bond acceptors (Lipinski definition) is 5. The highest BCUT2D eigenvalue weighted by Crippen LogP contribution is 2.29. The topological polar surface area (TPSA) is 73.2 Å². The lowest BCUT2D eigenvalue weighted by Crippen LogP contribution is -2.22. The van der Waals surface area contributed by atoms with E-state index >= 15 is 0 Å². The number of para-hydroxylation sites is 2. The number of imidazole rings is 1. The Morgan fingerprint density at radius 1 is 1.17 bits per heavy atom. The van der Waals surface area contributed by atoms with Crippen LogP contribution in [0.2, 0.25) is 0 Å². The van der Waals surface area contributed by atoms with Crippen molar-refractivity contribution in [3.8, 4) is 0 Å². The summed E-state index contributed by atoms with van der Waals surface area (Å²) in [5, 5.41) is 3.33. The number of rotatable bonds is 10. The van der Waals surface area contributed by atoms with Gasteiger partial charge >= 0.3 is 0 Å². The molecule has 0 saturated heterocycles. The summed E-state index contributed by atoms with van der Waals surface area (Å²) in [5.41, 5.74) is 3.72. The van der Waals surface area contributed by atoms with Gasteiger partial charge in [-0.1, -0.05) is 48.2 Å². The molecule has 3 aromatic rings. The maximum absolute atomic E-state index is 13.0. The van der Waals surface area contributed by atoms with E-state index in [-0.39, 0.29) is 16.9 Å². The Morgan fingerprint density at radius 3 is 2.60 bits per heavy atom. The molecule has 1 unspecified atom stereocenters. The summed E-state index contributed by atoms with van der Waals surface area (Å²) in [5.74, 6) is 0.0305. The molecule has 0 saturated carbocycles. The molecule has 0 aliphatic heterocycles. The molecule has 1 heterocycles. The zero-order valence-corrected chi connectivity index (χ0v) is 18.4. The SMILES string of the molecule is COCCn1c(SC(C)C(=O)c2ccc(CCNC(C)=O)cc2)nc2ccccc21.